The summed E-state index contributed by atoms with van der Waals surface area (Å²) < 4.78 is 18.8. The Morgan fingerprint density at radius 1 is 1.65 bits per heavy atom. The van der Waals surface area contributed by atoms with Gasteiger partial charge in [-0.25, -0.2) is 4.39 Å². The Labute approximate surface area is 104 Å². The molecule has 0 aromatic heterocycles. The van der Waals surface area contributed by atoms with Crippen molar-refractivity contribution < 1.29 is 13.9 Å². The summed E-state index contributed by atoms with van der Waals surface area (Å²) in [5.41, 5.74) is 0.630. The lowest BCUT2D eigenvalue weighted by molar-refractivity contribution is -0.112. The van der Waals surface area contributed by atoms with Crippen molar-refractivity contribution >= 4 is 17.9 Å². The van der Waals surface area contributed by atoms with Crippen LogP contribution in [-0.4, -0.2) is 30.9 Å². The van der Waals surface area contributed by atoms with Crippen molar-refractivity contribution in [3.8, 4) is 5.75 Å². The summed E-state index contributed by atoms with van der Waals surface area (Å²) >= 11 is 5.86. The van der Waals surface area contributed by atoms with E-state index in [9.17, 15) is 9.18 Å². The summed E-state index contributed by atoms with van der Waals surface area (Å²) in [5, 5.41) is -0.0488. The maximum Gasteiger partial charge on any atom is 0.146 e. The third-order valence-electron chi connectivity index (χ3n) is 2.95. The Morgan fingerprint density at radius 2 is 2.41 bits per heavy atom. The monoisotopic (exact) mass is 257 g/mol. The van der Waals surface area contributed by atoms with Gasteiger partial charge < -0.3 is 9.53 Å². The van der Waals surface area contributed by atoms with Crippen LogP contribution in [0.5, 0.6) is 5.75 Å². The number of ether oxygens (including phenoxy) is 1. The third-order valence-corrected chi connectivity index (χ3v) is 3.30. The summed E-state index contributed by atoms with van der Waals surface area (Å²) in [6, 6.07) is 2.40. The van der Waals surface area contributed by atoms with Crippen molar-refractivity contribution in [1.29, 1.82) is 0 Å². The van der Waals surface area contributed by atoms with Crippen LogP contribution < -0.4 is 4.74 Å². The Hall–Kier alpha value is -1.13. The van der Waals surface area contributed by atoms with Crippen molar-refractivity contribution in [2.75, 3.05) is 19.7 Å². The normalized spacial score (nSPS) is 20.3. The fourth-order valence-corrected chi connectivity index (χ4v) is 2.27. The number of fused-ring (bicyclic) bond motifs is 1. The molecule has 1 atom stereocenters. The molecule has 0 amide bonds. The molecule has 3 nitrogen and oxygen atoms in total. The van der Waals surface area contributed by atoms with Crippen LogP contribution in [0.2, 0.25) is 5.02 Å². The molecule has 1 aromatic rings. The molecule has 0 saturated carbocycles. The third kappa shape index (κ3) is 2.15. The highest BCUT2D eigenvalue weighted by atomic mass is 35.5. The Kier molecular flexibility index (Phi) is 3.64. The van der Waals surface area contributed by atoms with Crippen molar-refractivity contribution in [1.82, 2.24) is 4.90 Å². The summed E-state index contributed by atoms with van der Waals surface area (Å²) in [4.78, 5) is 13.2. The number of benzene rings is 1. The second kappa shape index (κ2) is 5.02. The molecule has 1 unspecified atom stereocenters. The van der Waals surface area contributed by atoms with E-state index in [4.69, 9.17) is 16.3 Å². The van der Waals surface area contributed by atoms with Gasteiger partial charge in [0.2, 0.25) is 0 Å². The summed E-state index contributed by atoms with van der Waals surface area (Å²) in [6.07, 6.45) is 0.839. The summed E-state index contributed by atoms with van der Waals surface area (Å²) in [6.45, 7) is 3.70. The number of rotatable bonds is 2. The molecular formula is C12H13ClFNO2. The molecule has 1 aliphatic rings. The SMILES string of the molecule is CCN1CCOc2c(ccc(F)c2Cl)C1C=O. The summed E-state index contributed by atoms with van der Waals surface area (Å²) in [5.74, 6) is -0.236. The predicted octanol–water partition coefficient (Wildman–Crippen LogP) is 2.43. The Bertz CT molecular complexity index is 439. The molecule has 2 rings (SSSR count). The van der Waals surface area contributed by atoms with Crippen molar-refractivity contribution in [2.24, 2.45) is 0 Å². The first-order valence-electron chi connectivity index (χ1n) is 5.49. The van der Waals surface area contributed by atoms with E-state index in [0.29, 0.717) is 24.5 Å². The average molecular weight is 258 g/mol. The number of halogens is 2. The van der Waals surface area contributed by atoms with Gasteiger partial charge in [0.1, 0.15) is 29.5 Å². The van der Waals surface area contributed by atoms with Gasteiger partial charge >= 0.3 is 0 Å². The van der Waals surface area contributed by atoms with Crippen LogP contribution in [0, 0.1) is 5.82 Å². The van der Waals surface area contributed by atoms with Crippen LogP contribution in [0.15, 0.2) is 12.1 Å². The highest BCUT2D eigenvalue weighted by Crippen LogP contribution is 2.37. The highest BCUT2D eigenvalue weighted by Gasteiger charge is 2.27. The fraction of sp³-hybridized carbons (Fsp3) is 0.417. The molecule has 1 heterocycles. The lowest BCUT2D eigenvalue weighted by atomic mass is 10.1. The quantitative estimate of drug-likeness (QED) is 0.762. The molecule has 0 bridgehead atoms. The molecule has 0 radical (unpaired) electrons. The zero-order chi connectivity index (χ0) is 12.4. The minimum absolute atomic E-state index is 0.0488. The number of carbonyl (C=O) groups excluding carboxylic acids is 1. The van der Waals surface area contributed by atoms with Crippen LogP contribution in [-0.2, 0) is 4.79 Å². The van der Waals surface area contributed by atoms with Gasteiger partial charge in [0.15, 0.2) is 0 Å². The summed E-state index contributed by atoms with van der Waals surface area (Å²) in [7, 11) is 0. The lowest BCUT2D eigenvalue weighted by Gasteiger charge is -2.23. The molecule has 0 spiro atoms. The molecular weight excluding hydrogens is 245 g/mol. The van der Waals surface area contributed by atoms with E-state index in [2.05, 4.69) is 0 Å². The lowest BCUT2D eigenvalue weighted by Crippen LogP contribution is -2.31. The molecule has 0 saturated heterocycles. The second-order valence-corrected chi connectivity index (χ2v) is 4.22. The number of hydrogen-bond acceptors (Lipinski definition) is 3. The van der Waals surface area contributed by atoms with Gasteiger partial charge in [-0.15, -0.1) is 0 Å². The second-order valence-electron chi connectivity index (χ2n) is 3.84. The topological polar surface area (TPSA) is 29.5 Å². The molecule has 17 heavy (non-hydrogen) atoms. The van der Waals surface area contributed by atoms with Crippen LogP contribution >= 0.6 is 11.6 Å². The van der Waals surface area contributed by atoms with E-state index < -0.39 is 11.9 Å². The van der Waals surface area contributed by atoms with Crippen LogP contribution in [0.25, 0.3) is 0 Å². The van der Waals surface area contributed by atoms with E-state index in [1.54, 1.807) is 6.07 Å². The first kappa shape index (κ1) is 12.3. The molecule has 5 heteroatoms. The minimum Gasteiger partial charge on any atom is -0.490 e. The zero-order valence-electron chi connectivity index (χ0n) is 9.45. The smallest absolute Gasteiger partial charge is 0.146 e. The zero-order valence-corrected chi connectivity index (χ0v) is 10.2. The number of carbonyl (C=O) groups is 1. The van der Waals surface area contributed by atoms with E-state index in [1.807, 2.05) is 11.8 Å². The van der Waals surface area contributed by atoms with Crippen molar-refractivity contribution in [3.63, 3.8) is 0 Å². The van der Waals surface area contributed by atoms with Crippen LogP contribution in [0.4, 0.5) is 4.39 Å². The van der Waals surface area contributed by atoms with E-state index >= 15 is 0 Å². The largest absolute Gasteiger partial charge is 0.490 e. The minimum atomic E-state index is -0.528. The van der Waals surface area contributed by atoms with E-state index in [-0.39, 0.29) is 5.02 Å². The van der Waals surface area contributed by atoms with Crippen LogP contribution in [0.1, 0.15) is 18.5 Å². The molecule has 0 N–H and O–H groups in total. The van der Waals surface area contributed by atoms with Crippen molar-refractivity contribution in [3.05, 3.63) is 28.5 Å². The fourth-order valence-electron chi connectivity index (χ4n) is 2.04. The maximum atomic E-state index is 13.3. The molecule has 0 fully saturated rings. The van der Waals surface area contributed by atoms with Gasteiger partial charge in [0.05, 0.1) is 6.04 Å². The van der Waals surface area contributed by atoms with Gasteiger partial charge in [0, 0.05) is 12.1 Å². The first-order chi connectivity index (χ1) is 8.19. The van der Waals surface area contributed by atoms with Gasteiger partial charge in [-0.2, -0.15) is 0 Å². The van der Waals surface area contributed by atoms with E-state index in [1.165, 1.54) is 6.07 Å². The Balaban J connectivity index is 2.53. The van der Waals surface area contributed by atoms with Crippen LogP contribution in [0.3, 0.4) is 0 Å². The maximum absolute atomic E-state index is 13.3. The average Bonchev–Trinajstić information content (AvgIpc) is 2.52. The van der Waals surface area contributed by atoms with Gasteiger partial charge in [-0.05, 0) is 12.6 Å². The number of hydrogen-bond donors (Lipinski definition) is 0. The molecule has 1 aliphatic heterocycles. The number of aldehydes is 1. The molecule has 1 aromatic carbocycles. The van der Waals surface area contributed by atoms with Gasteiger partial charge in [0.25, 0.3) is 0 Å². The predicted molar refractivity (Wildman–Crippen MR) is 63.0 cm³/mol. The Morgan fingerprint density at radius 3 is 3.06 bits per heavy atom. The van der Waals surface area contributed by atoms with Crippen molar-refractivity contribution in [2.45, 2.75) is 13.0 Å². The first-order valence-corrected chi connectivity index (χ1v) is 5.86. The standard InChI is InChI=1S/C12H13ClFNO2/c1-2-15-5-6-17-12-8(10(15)7-16)3-4-9(14)11(12)13/h3-4,7,10H,2,5-6H2,1H3. The van der Waals surface area contributed by atoms with Gasteiger partial charge in [-0.1, -0.05) is 24.6 Å². The van der Waals surface area contributed by atoms with E-state index in [0.717, 1.165) is 12.8 Å². The van der Waals surface area contributed by atoms with Gasteiger partial charge in [-0.3, -0.25) is 4.90 Å². The molecule has 92 valence electrons. The number of nitrogens with zero attached hydrogens (tertiary/aromatic N) is 1. The number of likely N-dealkylation sites (N-methyl/N-ethyl adjacent to an activating group) is 1. The molecule has 0 aliphatic carbocycles. The highest BCUT2D eigenvalue weighted by molar-refractivity contribution is 6.32.